The Kier molecular flexibility index (Phi) is 6.19. The Balaban J connectivity index is 1.89. The van der Waals surface area contributed by atoms with Crippen LogP contribution in [0, 0.1) is 11.7 Å². The second kappa shape index (κ2) is 8.39. The van der Waals surface area contributed by atoms with Gasteiger partial charge in [0.05, 0.1) is 19.0 Å². The molecule has 26 heavy (non-hydrogen) atoms. The monoisotopic (exact) mass is 380 g/mol. The molecule has 2 aliphatic rings. The van der Waals surface area contributed by atoms with Gasteiger partial charge in [0.2, 0.25) is 11.8 Å². The van der Waals surface area contributed by atoms with Gasteiger partial charge in [-0.2, -0.15) is 0 Å². The van der Waals surface area contributed by atoms with Crippen molar-refractivity contribution in [3.8, 4) is 0 Å². The van der Waals surface area contributed by atoms with Gasteiger partial charge in [0.15, 0.2) is 0 Å². The largest absolute Gasteiger partial charge is 0.378 e. The molecule has 0 unspecified atom stereocenters. The van der Waals surface area contributed by atoms with Crippen molar-refractivity contribution >= 4 is 23.6 Å². The van der Waals surface area contributed by atoms with Crippen molar-refractivity contribution < 1.29 is 18.7 Å². The molecule has 0 bridgehead atoms. The fraction of sp³-hybridized carbons (Fsp3) is 0.579. The van der Waals surface area contributed by atoms with E-state index in [2.05, 4.69) is 0 Å². The van der Waals surface area contributed by atoms with Crippen molar-refractivity contribution in [2.24, 2.45) is 5.92 Å². The number of amides is 2. The van der Waals surface area contributed by atoms with Gasteiger partial charge in [-0.3, -0.25) is 9.59 Å². The second-order valence-corrected chi connectivity index (χ2v) is 8.17. The van der Waals surface area contributed by atoms with Crippen molar-refractivity contribution in [1.82, 2.24) is 9.80 Å². The number of hydrogen-bond donors (Lipinski definition) is 0. The lowest BCUT2D eigenvalue weighted by atomic mass is 9.99. The number of benzene rings is 1. The summed E-state index contributed by atoms with van der Waals surface area (Å²) in [7, 11) is 0. The zero-order valence-electron chi connectivity index (χ0n) is 15.2. The zero-order chi connectivity index (χ0) is 18.7. The minimum absolute atomic E-state index is 0.0285. The summed E-state index contributed by atoms with van der Waals surface area (Å²) in [4.78, 5) is 29.3. The van der Waals surface area contributed by atoms with E-state index < -0.39 is 6.04 Å². The summed E-state index contributed by atoms with van der Waals surface area (Å²) in [5.74, 6) is 0.154. The van der Waals surface area contributed by atoms with Gasteiger partial charge in [0, 0.05) is 13.1 Å². The first-order valence-corrected chi connectivity index (χ1v) is 10.1. The molecule has 0 aromatic heterocycles. The van der Waals surface area contributed by atoms with E-state index in [1.54, 1.807) is 15.9 Å². The predicted molar refractivity (Wildman–Crippen MR) is 99.1 cm³/mol. The van der Waals surface area contributed by atoms with Crippen molar-refractivity contribution in [2.45, 2.75) is 31.7 Å². The number of halogens is 1. The van der Waals surface area contributed by atoms with Crippen molar-refractivity contribution in [1.29, 1.82) is 0 Å². The molecule has 5 nitrogen and oxygen atoms in total. The smallest absolute Gasteiger partial charge is 0.245 e. The maximum absolute atomic E-state index is 13.7. The average molecular weight is 380 g/mol. The van der Waals surface area contributed by atoms with Gasteiger partial charge < -0.3 is 14.5 Å². The summed E-state index contributed by atoms with van der Waals surface area (Å²) in [5.41, 5.74) is 0.726. The number of ether oxygens (including phenoxy) is 1. The number of nitrogens with zero attached hydrogens (tertiary/aromatic N) is 2. The minimum atomic E-state index is -0.524. The van der Waals surface area contributed by atoms with Gasteiger partial charge >= 0.3 is 0 Å². The molecule has 0 N–H and O–H groups in total. The van der Waals surface area contributed by atoms with E-state index in [4.69, 9.17) is 4.74 Å². The summed E-state index contributed by atoms with van der Waals surface area (Å²) in [5, 5.41) is -0.327. The van der Waals surface area contributed by atoms with Gasteiger partial charge in [0.25, 0.3) is 0 Å². The molecule has 2 saturated heterocycles. The third kappa shape index (κ3) is 4.20. The van der Waals surface area contributed by atoms with E-state index in [0.29, 0.717) is 38.5 Å². The highest BCUT2D eigenvalue weighted by atomic mass is 32.2. The highest BCUT2D eigenvalue weighted by Gasteiger charge is 2.42. The van der Waals surface area contributed by atoms with Crippen LogP contribution in [-0.2, 0) is 14.3 Å². The first kappa shape index (κ1) is 19.2. The van der Waals surface area contributed by atoms with Gasteiger partial charge in [-0.15, -0.1) is 11.8 Å². The van der Waals surface area contributed by atoms with Crippen LogP contribution in [0.3, 0.4) is 0 Å². The molecule has 2 heterocycles. The number of carbonyl (C=O) groups is 2. The lowest BCUT2D eigenvalue weighted by Gasteiger charge is -2.37. The molecule has 0 radical (unpaired) electrons. The molecule has 142 valence electrons. The van der Waals surface area contributed by atoms with Crippen LogP contribution in [0.15, 0.2) is 24.3 Å². The Hall–Kier alpha value is -1.60. The van der Waals surface area contributed by atoms with Crippen LogP contribution in [0.5, 0.6) is 0 Å². The summed E-state index contributed by atoms with van der Waals surface area (Å²) < 4.78 is 19.0. The summed E-state index contributed by atoms with van der Waals surface area (Å²) in [6.07, 6.45) is 0.592. The topological polar surface area (TPSA) is 49.9 Å². The van der Waals surface area contributed by atoms with Crippen molar-refractivity contribution in [3.63, 3.8) is 0 Å². The van der Waals surface area contributed by atoms with Crippen LogP contribution >= 0.6 is 11.8 Å². The van der Waals surface area contributed by atoms with E-state index >= 15 is 0 Å². The van der Waals surface area contributed by atoms with Gasteiger partial charge in [-0.05, 0) is 30.0 Å². The number of morpholine rings is 1. The average Bonchev–Trinajstić information content (AvgIpc) is 3.01. The third-order valence-electron chi connectivity index (χ3n) is 4.68. The molecule has 2 atom stereocenters. The zero-order valence-corrected chi connectivity index (χ0v) is 16.0. The van der Waals surface area contributed by atoms with Crippen LogP contribution in [0.25, 0.3) is 0 Å². The second-order valence-electron chi connectivity index (χ2n) is 7.10. The quantitative estimate of drug-likeness (QED) is 0.788. The lowest BCUT2D eigenvalue weighted by molar-refractivity contribution is -0.148. The van der Waals surface area contributed by atoms with E-state index in [-0.39, 0.29) is 28.9 Å². The molecule has 7 heteroatoms. The molecule has 3 rings (SSSR count). The van der Waals surface area contributed by atoms with Crippen LogP contribution < -0.4 is 0 Å². The summed E-state index contributed by atoms with van der Waals surface area (Å²) in [6.45, 7) is 6.24. The van der Waals surface area contributed by atoms with Gasteiger partial charge in [-0.25, -0.2) is 4.39 Å². The van der Waals surface area contributed by atoms with E-state index in [1.165, 1.54) is 23.9 Å². The Morgan fingerprint density at radius 2 is 2.08 bits per heavy atom. The van der Waals surface area contributed by atoms with E-state index in [1.807, 2.05) is 19.9 Å². The van der Waals surface area contributed by atoms with E-state index in [0.717, 1.165) is 5.56 Å². The molecule has 2 aliphatic heterocycles. The molecule has 0 aliphatic carbocycles. The molecule has 1 aromatic carbocycles. The Labute approximate surface area is 157 Å². The fourth-order valence-corrected chi connectivity index (χ4v) is 4.68. The van der Waals surface area contributed by atoms with Gasteiger partial charge in [0.1, 0.15) is 17.2 Å². The van der Waals surface area contributed by atoms with Crippen LogP contribution in [-0.4, -0.2) is 59.7 Å². The summed E-state index contributed by atoms with van der Waals surface area (Å²) in [6, 6.07) is 5.78. The highest BCUT2D eigenvalue weighted by molar-refractivity contribution is 8.00. The first-order valence-electron chi connectivity index (χ1n) is 9.02. The van der Waals surface area contributed by atoms with Crippen molar-refractivity contribution in [2.75, 3.05) is 32.1 Å². The highest BCUT2D eigenvalue weighted by Crippen LogP contribution is 2.41. The molecule has 2 fully saturated rings. The molecule has 2 amide bonds. The van der Waals surface area contributed by atoms with Crippen LogP contribution in [0.1, 0.15) is 31.2 Å². The van der Waals surface area contributed by atoms with Gasteiger partial charge in [-0.1, -0.05) is 26.0 Å². The molecule has 0 spiro atoms. The maximum atomic E-state index is 13.7. The number of rotatable bonds is 5. The first-order chi connectivity index (χ1) is 12.5. The van der Waals surface area contributed by atoms with Crippen LogP contribution in [0.4, 0.5) is 4.39 Å². The Bertz CT molecular complexity index is 664. The standard InChI is InChI=1S/C19H25FN2O3S/c1-13(2)10-16(18(24)21-6-8-25-9-7-21)22-17(23)12-26-19(22)14-4-3-5-15(20)11-14/h3-5,11,13,16,19H,6-10,12H2,1-2H3/t16-,19+/m0/s1. The molecule has 0 saturated carbocycles. The number of thioether (sulfide) groups is 1. The van der Waals surface area contributed by atoms with E-state index in [9.17, 15) is 14.0 Å². The minimum Gasteiger partial charge on any atom is -0.378 e. The fourth-order valence-electron chi connectivity index (χ4n) is 3.46. The normalized spacial score (nSPS) is 22.2. The third-order valence-corrected chi connectivity index (χ3v) is 5.91. The summed E-state index contributed by atoms with van der Waals surface area (Å²) >= 11 is 1.45. The predicted octanol–water partition coefficient (Wildman–Crippen LogP) is 2.67. The van der Waals surface area contributed by atoms with Crippen LogP contribution in [0.2, 0.25) is 0 Å². The molecular formula is C19H25FN2O3S. The Morgan fingerprint density at radius 1 is 1.35 bits per heavy atom. The number of carbonyl (C=O) groups excluding carboxylic acids is 2. The maximum Gasteiger partial charge on any atom is 0.245 e. The lowest BCUT2D eigenvalue weighted by Crippen LogP contribution is -2.53. The SMILES string of the molecule is CC(C)C[C@@H](C(=O)N1CCOCC1)N1C(=O)CS[C@@H]1c1cccc(F)c1. The Morgan fingerprint density at radius 3 is 2.73 bits per heavy atom. The molecular weight excluding hydrogens is 355 g/mol. The molecule has 1 aromatic rings. The van der Waals surface area contributed by atoms with Crippen molar-refractivity contribution in [3.05, 3.63) is 35.6 Å². The number of hydrogen-bond acceptors (Lipinski definition) is 4.